The number of methoxy groups -OCH3 is 2. The summed E-state index contributed by atoms with van der Waals surface area (Å²) in [4.78, 5) is 15.0. The second kappa shape index (κ2) is 7.41. The van der Waals surface area contributed by atoms with Gasteiger partial charge in [-0.1, -0.05) is 12.1 Å². The van der Waals surface area contributed by atoms with Crippen molar-refractivity contribution in [1.82, 2.24) is 9.84 Å². The molecule has 25 heavy (non-hydrogen) atoms. The number of hydrazine groups is 1. The number of esters is 1. The molecule has 2 aliphatic rings. The van der Waals surface area contributed by atoms with Crippen molar-refractivity contribution in [3.05, 3.63) is 29.3 Å². The summed E-state index contributed by atoms with van der Waals surface area (Å²) in [5.74, 6) is -0.933. The second-order valence-electron chi connectivity index (χ2n) is 6.42. The summed E-state index contributed by atoms with van der Waals surface area (Å²) in [5, 5.41) is 1.60. The molecule has 3 rings (SSSR count). The molecule has 0 bridgehead atoms. The smallest absolute Gasteiger partial charge is 0.313 e. The van der Waals surface area contributed by atoms with E-state index in [0.29, 0.717) is 18.5 Å². The molecule has 1 aromatic rings. The maximum atomic E-state index is 13.0. The van der Waals surface area contributed by atoms with Crippen molar-refractivity contribution >= 4 is 16.0 Å². The normalized spacial score (nSPS) is 24.1. The van der Waals surface area contributed by atoms with Crippen LogP contribution in [0.3, 0.4) is 0 Å². The lowest BCUT2D eigenvalue weighted by Crippen LogP contribution is -2.46. The van der Waals surface area contributed by atoms with Crippen LogP contribution in [-0.2, 0) is 30.7 Å². The number of nitrogens with one attached hydrogen (secondary N) is 1. The molecule has 8 heteroatoms. The summed E-state index contributed by atoms with van der Waals surface area (Å²) in [6.07, 6.45) is 3.55. The number of aryl methyl sites for hydroxylation is 1. The van der Waals surface area contributed by atoms with Gasteiger partial charge in [0.15, 0.2) is 0 Å². The van der Waals surface area contributed by atoms with Crippen molar-refractivity contribution in [3.63, 3.8) is 0 Å². The Morgan fingerprint density at radius 3 is 2.76 bits per heavy atom. The van der Waals surface area contributed by atoms with Crippen molar-refractivity contribution in [1.29, 1.82) is 0 Å². The first-order chi connectivity index (χ1) is 12.0. The van der Waals surface area contributed by atoms with Gasteiger partial charge in [0.25, 0.3) is 10.0 Å². The van der Waals surface area contributed by atoms with Gasteiger partial charge in [0.2, 0.25) is 0 Å². The molecule has 1 aromatic carbocycles. The number of sulfonamides is 1. The minimum absolute atomic E-state index is 0.154. The van der Waals surface area contributed by atoms with Crippen LogP contribution >= 0.6 is 0 Å². The monoisotopic (exact) mass is 368 g/mol. The van der Waals surface area contributed by atoms with E-state index in [2.05, 4.69) is 4.83 Å². The molecule has 0 saturated carbocycles. The Kier molecular flexibility index (Phi) is 5.43. The largest absolute Gasteiger partial charge is 0.469 e. The van der Waals surface area contributed by atoms with Gasteiger partial charge in [0, 0.05) is 13.7 Å². The predicted octanol–water partition coefficient (Wildman–Crippen LogP) is 1.54. The van der Waals surface area contributed by atoms with Crippen molar-refractivity contribution in [2.45, 2.75) is 49.1 Å². The first-order valence-corrected chi connectivity index (χ1v) is 9.97. The number of rotatable bonds is 5. The number of carbonyl (C=O) groups is 1. The third-order valence-electron chi connectivity index (χ3n) is 4.93. The number of hydrogen-bond acceptors (Lipinski definition) is 6. The highest BCUT2D eigenvalue weighted by molar-refractivity contribution is 7.89. The number of fused-ring (bicyclic) bond motifs is 1. The molecule has 1 aliphatic carbocycles. The third-order valence-corrected chi connectivity index (χ3v) is 6.34. The number of nitrogens with zero attached hydrogens (tertiary/aromatic N) is 1. The van der Waals surface area contributed by atoms with Crippen LogP contribution in [0, 0.1) is 0 Å². The molecule has 1 aliphatic heterocycles. The molecule has 1 N–H and O–H groups in total. The first kappa shape index (κ1) is 18.3. The molecule has 2 atom stereocenters. The molecule has 0 aromatic heterocycles. The van der Waals surface area contributed by atoms with Crippen LogP contribution in [0.4, 0.5) is 0 Å². The van der Waals surface area contributed by atoms with E-state index in [9.17, 15) is 13.2 Å². The quantitative estimate of drug-likeness (QED) is 0.794. The lowest BCUT2D eigenvalue weighted by molar-refractivity contribution is -0.142. The van der Waals surface area contributed by atoms with Gasteiger partial charge in [-0.15, -0.1) is 4.83 Å². The van der Waals surface area contributed by atoms with Gasteiger partial charge in [0.05, 0.1) is 17.9 Å². The minimum Gasteiger partial charge on any atom is -0.469 e. The van der Waals surface area contributed by atoms with Gasteiger partial charge >= 0.3 is 5.97 Å². The summed E-state index contributed by atoms with van der Waals surface area (Å²) in [5.41, 5.74) is 1.47. The summed E-state index contributed by atoms with van der Waals surface area (Å²) in [7, 11) is -0.918. The SMILES string of the molecule is COC(=O)[C@H]1CCCc2cccc(S(=O)(=O)NN3CCCC3OC)c21. The Balaban J connectivity index is 1.98. The minimum atomic E-state index is -3.81. The summed E-state index contributed by atoms with van der Waals surface area (Å²) in [6, 6.07) is 5.17. The highest BCUT2D eigenvalue weighted by Gasteiger charge is 2.35. The lowest BCUT2D eigenvalue weighted by atomic mass is 9.83. The topological polar surface area (TPSA) is 84.9 Å². The van der Waals surface area contributed by atoms with Crippen molar-refractivity contribution in [3.8, 4) is 0 Å². The second-order valence-corrected chi connectivity index (χ2v) is 8.05. The maximum Gasteiger partial charge on any atom is 0.313 e. The van der Waals surface area contributed by atoms with Crippen LogP contribution in [0.1, 0.15) is 42.7 Å². The van der Waals surface area contributed by atoms with E-state index >= 15 is 0 Å². The van der Waals surface area contributed by atoms with Crippen LogP contribution in [0.25, 0.3) is 0 Å². The van der Waals surface area contributed by atoms with Crippen LogP contribution in [-0.4, -0.2) is 46.4 Å². The van der Waals surface area contributed by atoms with E-state index in [1.807, 2.05) is 6.07 Å². The van der Waals surface area contributed by atoms with E-state index in [4.69, 9.17) is 9.47 Å². The lowest BCUT2D eigenvalue weighted by Gasteiger charge is -2.28. The zero-order chi connectivity index (χ0) is 18.0. The zero-order valence-corrected chi connectivity index (χ0v) is 15.3. The molecule has 0 spiro atoms. The fraction of sp³-hybridized carbons (Fsp3) is 0.588. The molecule has 7 nitrogen and oxygen atoms in total. The highest BCUT2D eigenvalue weighted by Crippen LogP contribution is 2.37. The number of ether oxygens (including phenoxy) is 2. The molecule has 1 fully saturated rings. The molecule has 138 valence electrons. The average molecular weight is 368 g/mol. The average Bonchev–Trinajstić information content (AvgIpc) is 3.06. The fourth-order valence-electron chi connectivity index (χ4n) is 3.75. The summed E-state index contributed by atoms with van der Waals surface area (Å²) in [6.45, 7) is 0.590. The van der Waals surface area contributed by atoms with Gasteiger partial charge in [-0.3, -0.25) is 4.79 Å². The van der Waals surface area contributed by atoms with Crippen molar-refractivity contribution in [2.24, 2.45) is 0 Å². The van der Waals surface area contributed by atoms with Gasteiger partial charge in [-0.2, -0.15) is 0 Å². The van der Waals surface area contributed by atoms with Crippen LogP contribution < -0.4 is 4.83 Å². The first-order valence-electron chi connectivity index (χ1n) is 8.49. The molecule has 1 heterocycles. The van der Waals surface area contributed by atoms with E-state index in [1.54, 1.807) is 24.3 Å². The Morgan fingerprint density at radius 2 is 2.04 bits per heavy atom. The third kappa shape index (κ3) is 3.57. The highest BCUT2D eigenvalue weighted by atomic mass is 32.2. The Labute approximate surface area is 148 Å². The van der Waals surface area contributed by atoms with Gasteiger partial charge in [0.1, 0.15) is 6.23 Å². The Hall–Kier alpha value is -1.48. The Bertz CT molecular complexity index is 749. The molecule has 0 amide bonds. The predicted molar refractivity (Wildman–Crippen MR) is 91.2 cm³/mol. The summed E-state index contributed by atoms with van der Waals surface area (Å²) >= 11 is 0. The fourth-order valence-corrected chi connectivity index (χ4v) is 5.18. The van der Waals surface area contributed by atoms with Crippen LogP contribution in [0.5, 0.6) is 0 Å². The molecule has 1 saturated heterocycles. The maximum absolute atomic E-state index is 13.0. The number of carbonyl (C=O) groups excluding carboxylic acids is 1. The standard InChI is InChI=1S/C17H24N2O5S/c1-23-15-10-5-11-19(15)18-25(21,22)14-9-4-7-12-6-3-8-13(16(12)14)17(20)24-2/h4,7,9,13,15,18H,3,5-6,8,10-11H2,1-2H3/t13-,15?/m0/s1. The number of hydrogen-bond donors (Lipinski definition) is 1. The van der Waals surface area contributed by atoms with Crippen molar-refractivity contribution in [2.75, 3.05) is 20.8 Å². The Morgan fingerprint density at radius 1 is 1.24 bits per heavy atom. The van der Waals surface area contributed by atoms with Crippen molar-refractivity contribution < 1.29 is 22.7 Å². The molecular formula is C17H24N2O5S. The van der Waals surface area contributed by atoms with Crippen LogP contribution in [0.2, 0.25) is 0 Å². The van der Waals surface area contributed by atoms with Gasteiger partial charge < -0.3 is 9.47 Å². The zero-order valence-electron chi connectivity index (χ0n) is 14.5. The molecule has 0 radical (unpaired) electrons. The van der Waals surface area contributed by atoms with Gasteiger partial charge in [-0.25, -0.2) is 13.4 Å². The van der Waals surface area contributed by atoms with Crippen LogP contribution in [0.15, 0.2) is 23.1 Å². The number of benzene rings is 1. The van der Waals surface area contributed by atoms with E-state index in [-0.39, 0.29) is 17.1 Å². The van der Waals surface area contributed by atoms with Gasteiger partial charge in [-0.05, 0) is 49.3 Å². The molecular weight excluding hydrogens is 344 g/mol. The van der Waals surface area contributed by atoms with E-state index < -0.39 is 15.9 Å². The van der Waals surface area contributed by atoms with E-state index in [1.165, 1.54) is 7.11 Å². The summed E-state index contributed by atoms with van der Waals surface area (Å²) < 4.78 is 36.3. The van der Waals surface area contributed by atoms with E-state index in [0.717, 1.165) is 31.2 Å². The molecule has 1 unspecified atom stereocenters.